The van der Waals surface area contributed by atoms with Crippen molar-refractivity contribution in [2.75, 3.05) is 0 Å². The number of nitrogens with zero attached hydrogens (tertiary/aromatic N) is 1. The van der Waals surface area contributed by atoms with Crippen LogP contribution in [0, 0.1) is 5.41 Å². The molecule has 0 radical (unpaired) electrons. The number of H-pyrrole nitrogens is 1. The summed E-state index contributed by atoms with van der Waals surface area (Å²) in [6.45, 7) is 4.39. The van der Waals surface area contributed by atoms with Crippen molar-refractivity contribution in [3.63, 3.8) is 0 Å². The van der Waals surface area contributed by atoms with Gasteiger partial charge in [-0.1, -0.05) is 20.3 Å². The zero-order chi connectivity index (χ0) is 13.3. The molecule has 18 heavy (non-hydrogen) atoms. The highest BCUT2D eigenvalue weighted by molar-refractivity contribution is 5.22. The van der Waals surface area contributed by atoms with Crippen molar-refractivity contribution in [2.45, 2.75) is 52.5 Å². The Kier molecular flexibility index (Phi) is 3.32. The van der Waals surface area contributed by atoms with Crippen LogP contribution in [-0.4, -0.2) is 14.7 Å². The van der Waals surface area contributed by atoms with Crippen molar-refractivity contribution in [3.8, 4) is 5.88 Å². The first-order valence-electron chi connectivity index (χ1n) is 6.58. The molecule has 1 aliphatic carbocycles. The minimum absolute atomic E-state index is 0.116. The zero-order valence-corrected chi connectivity index (χ0v) is 11.0. The summed E-state index contributed by atoms with van der Waals surface area (Å²) in [6.07, 6.45) is 4.74. The van der Waals surface area contributed by atoms with E-state index >= 15 is 0 Å². The van der Waals surface area contributed by atoms with E-state index in [2.05, 4.69) is 11.9 Å². The summed E-state index contributed by atoms with van der Waals surface area (Å²) in [5, 5.41) is 10.1. The molecule has 2 N–H and O–H groups in total. The summed E-state index contributed by atoms with van der Waals surface area (Å²) in [5.74, 6) is -0.161. The molecule has 0 unspecified atom stereocenters. The molecule has 0 bridgehead atoms. The average Bonchev–Trinajstić information content (AvgIpc) is 2.27. The first-order valence-corrected chi connectivity index (χ1v) is 6.58. The van der Waals surface area contributed by atoms with Crippen LogP contribution in [0.4, 0.5) is 0 Å². The highest BCUT2D eigenvalue weighted by Gasteiger charge is 2.36. The number of aromatic hydroxyl groups is 1. The van der Waals surface area contributed by atoms with Gasteiger partial charge in [-0.3, -0.25) is 14.3 Å². The second kappa shape index (κ2) is 4.63. The van der Waals surface area contributed by atoms with Crippen molar-refractivity contribution in [1.29, 1.82) is 0 Å². The van der Waals surface area contributed by atoms with E-state index in [4.69, 9.17) is 0 Å². The molecular formula is C13H20N2O3. The third-order valence-electron chi connectivity index (χ3n) is 4.28. The lowest BCUT2D eigenvalue weighted by Gasteiger charge is -2.41. The molecule has 100 valence electrons. The minimum atomic E-state index is -0.505. The maximum absolute atomic E-state index is 11.8. The molecule has 1 heterocycles. The van der Waals surface area contributed by atoms with Gasteiger partial charge in [0.1, 0.15) is 0 Å². The van der Waals surface area contributed by atoms with Gasteiger partial charge in [0.25, 0.3) is 5.56 Å². The van der Waals surface area contributed by atoms with E-state index in [1.807, 2.05) is 0 Å². The van der Waals surface area contributed by atoms with Crippen LogP contribution in [0.15, 0.2) is 9.59 Å². The number of hydrogen-bond donors (Lipinski definition) is 2. The van der Waals surface area contributed by atoms with Gasteiger partial charge in [0.05, 0.1) is 5.56 Å². The molecule has 1 aromatic rings. The van der Waals surface area contributed by atoms with Gasteiger partial charge in [-0.2, -0.15) is 0 Å². The number of aromatic nitrogens is 2. The number of hydrogen-bond acceptors (Lipinski definition) is 3. The third-order valence-corrected chi connectivity index (χ3v) is 4.28. The van der Waals surface area contributed by atoms with Crippen LogP contribution in [-0.2, 0) is 13.0 Å². The fourth-order valence-corrected chi connectivity index (χ4v) is 2.70. The SMILES string of the molecule is CCc1c(O)n(CC2(CC)CCC2)c(=O)[nH]c1=O. The Morgan fingerprint density at radius 3 is 2.44 bits per heavy atom. The first kappa shape index (κ1) is 12.9. The summed E-state index contributed by atoms with van der Waals surface area (Å²) in [5.41, 5.74) is -0.574. The van der Waals surface area contributed by atoms with Crippen LogP contribution in [0.25, 0.3) is 0 Å². The fraction of sp³-hybridized carbons (Fsp3) is 0.692. The van der Waals surface area contributed by atoms with E-state index in [9.17, 15) is 14.7 Å². The highest BCUT2D eigenvalue weighted by Crippen LogP contribution is 2.45. The molecule has 0 saturated heterocycles. The Hall–Kier alpha value is -1.52. The molecule has 0 aromatic carbocycles. The summed E-state index contributed by atoms with van der Waals surface area (Å²) >= 11 is 0. The van der Waals surface area contributed by atoms with Gasteiger partial charge in [0.2, 0.25) is 5.88 Å². The van der Waals surface area contributed by atoms with Crippen LogP contribution >= 0.6 is 0 Å². The average molecular weight is 252 g/mol. The highest BCUT2D eigenvalue weighted by atomic mass is 16.3. The Labute approximate surface area is 105 Å². The van der Waals surface area contributed by atoms with Crippen LogP contribution in [0.5, 0.6) is 5.88 Å². The number of nitrogens with one attached hydrogen (secondary N) is 1. The van der Waals surface area contributed by atoms with Crippen molar-refractivity contribution < 1.29 is 5.11 Å². The van der Waals surface area contributed by atoms with E-state index in [0.717, 1.165) is 19.3 Å². The van der Waals surface area contributed by atoms with Gasteiger partial charge < -0.3 is 5.11 Å². The van der Waals surface area contributed by atoms with E-state index in [1.165, 1.54) is 11.0 Å². The van der Waals surface area contributed by atoms with Crippen molar-refractivity contribution >= 4 is 0 Å². The Morgan fingerprint density at radius 2 is 2.00 bits per heavy atom. The smallest absolute Gasteiger partial charge is 0.331 e. The summed E-state index contributed by atoms with van der Waals surface area (Å²) in [4.78, 5) is 25.6. The van der Waals surface area contributed by atoms with Crippen LogP contribution in [0.1, 0.15) is 45.1 Å². The van der Waals surface area contributed by atoms with Crippen molar-refractivity contribution in [1.82, 2.24) is 9.55 Å². The van der Waals surface area contributed by atoms with Crippen LogP contribution in [0.3, 0.4) is 0 Å². The topological polar surface area (TPSA) is 75.1 Å². The maximum Gasteiger partial charge on any atom is 0.331 e. The molecule has 0 aliphatic heterocycles. The van der Waals surface area contributed by atoms with Gasteiger partial charge in [-0.15, -0.1) is 0 Å². The normalized spacial score (nSPS) is 17.4. The lowest BCUT2D eigenvalue weighted by atomic mass is 9.67. The number of rotatable bonds is 4. The molecule has 5 nitrogen and oxygen atoms in total. The maximum atomic E-state index is 11.8. The molecule has 0 spiro atoms. The third kappa shape index (κ3) is 1.98. The van der Waals surface area contributed by atoms with E-state index in [1.54, 1.807) is 6.92 Å². The predicted octanol–water partition coefficient (Wildman–Crippen LogP) is 1.38. The molecule has 1 aromatic heterocycles. The molecule has 0 amide bonds. The second-order valence-electron chi connectivity index (χ2n) is 5.21. The minimum Gasteiger partial charge on any atom is -0.494 e. The fourth-order valence-electron chi connectivity index (χ4n) is 2.70. The Bertz CT molecular complexity index is 547. The summed E-state index contributed by atoms with van der Waals surface area (Å²) in [7, 11) is 0. The van der Waals surface area contributed by atoms with Crippen molar-refractivity contribution in [2.24, 2.45) is 5.41 Å². The molecule has 0 atom stereocenters. The molecule has 1 aliphatic rings. The Morgan fingerprint density at radius 1 is 1.33 bits per heavy atom. The molecule has 5 heteroatoms. The monoisotopic (exact) mass is 252 g/mol. The lowest BCUT2D eigenvalue weighted by molar-refractivity contribution is 0.0937. The molecular weight excluding hydrogens is 232 g/mol. The zero-order valence-electron chi connectivity index (χ0n) is 11.0. The Balaban J connectivity index is 2.45. The van der Waals surface area contributed by atoms with E-state index in [-0.39, 0.29) is 11.3 Å². The predicted molar refractivity (Wildman–Crippen MR) is 68.9 cm³/mol. The first-order chi connectivity index (χ1) is 8.53. The second-order valence-corrected chi connectivity index (χ2v) is 5.21. The molecule has 1 saturated carbocycles. The van der Waals surface area contributed by atoms with Crippen LogP contribution < -0.4 is 11.2 Å². The summed E-state index contributed by atoms with van der Waals surface area (Å²) < 4.78 is 1.32. The molecule has 1 fully saturated rings. The largest absolute Gasteiger partial charge is 0.494 e. The van der Waals surface area contributed by atoms with Gasteiger partial charge in [-0.05, 0) is 31.1 Å². The summed E-state index contributed by atoms with van der Waals surface area (Å²) in [6, 6.07) is 0. The van der Waals surface area contributed by atoms with E-state index < -0.39 is 11.2 Å². The van der Waals surface area contributed by atoms with Gasteiger partial charge in [0, 0.05) is 6.54 Å². The number of aromatic amines is 1. The molecule has 2 rings (SSSR count). The van der Waals surface area contributed by atoms with Gasteiger partial charge in [-0.25, -0.2) is 4.79 Å². The van der Waals surface area contributed by atoms with Crippen molar-refractivity contribution in [3.05, 3.63) is 26.4 Å². The van der Waals surface area contributed by atoms with Gasteiger partial charge in [0.15, 0.2) is 0 Å². The van der Waals surface area contributed by atoms with Crippen LogP contribution in [0.2, 0.25) is 0 Å². The lowest BCUT2D eigenvalue weighted by Crippen LogP contribution is -2.40. The van der Waals surface area contributed by atoms with Gasteiger partial charge >= 0.3 is 5.69 Å². The van der Waals surface area contributed by atoms with E-state index in [0.29, 0.717) is 18.5 Å². The quantitative estimate of drug-likeness (QED) is 0.850. The standard InChI is InChI=1S/C13H20N2O3/c1-3-9-10(16)14-12(18)15(11(9)17)8-13(4-2)6-5-7-13/h17H,3-8H2,1-2H3,(H,14,16,18).